The van der Waals surface area contributed by atoms with Gasteiger partial charge in [0.25, 0.3) is 11.8 Å². The first-order chi connectivity index (χ1) is 16.6. The molecule has 2 amide bonds. The summed E-state index contributed by atoms with van der Waals surface area (Å²) in [6.07, 6.45) is 2.21. The Kier molecular flexibility index (Phi) is 7.00. The summed E-state index contributed by atoms with van der Waals surface area (Å²) in [6.45, 7) is 1.97. The predicted molar refractivity (Wildman–Crippen MR) is 134 cm³/mol. The maximum Gasteiger partial charge on any atom is 0.258 e. The zero-order chi connectivity index (χ0) is 23.9. The topological polar surface area (TPSA) is 73.2 Å². The first-order valence-corrected chi connectivity index (χ1v) is 11.2. The van der Waals surface area contributed by atoms with Gasteiger partial charge in [-0.25, -0.2) is 4.90 Å². The second-order valence-corrected chi connectivity index (χ2v) is 8.01. The molecule has 34 heavy (non-hydrogen) atoms. The average molecular weight is 448 g/mol. The van der Waals surface area contributed by atoms with Crippen molar-refractivity contribution in [2.75, 3.05) is 6.54 Å². The third kappa shape index (κ3) is 4.97. The third-order valence-corrected chi connectivity index (χ3v) is 5.82. The summed E-state index contributed by atoms with van der Waals surface area (Å²) in [5.74, 6) is -0.781. The number of nitrogens with zero attached hydrogens (tertiary/aromatic N) is 2. The molecule has 0 aliphatic heterocycles. The SMILES string of the molecule is CCN(C#N)C(=O)C(Cc1ccc2ccccc2c1)NC(=O)c1ccccc1-c1ccccc1. The van der Waals surface area contributed by atoms with Crippen LogP contribution in [0.4, 0.5) is 0 Å². The Morgan fingerprint density at radius 3 is 2.29 bits per heavy atom. The highest BCUT2D eigenvalue weighted by Gasteiger charge is 2.27. The fourth-order valence-corrected chi connectivity index (χ4v) is 4.05. The van der Waals surface area contributed by atoms with Gasteiger partial charge in [-0.3, -0.25) is 9.59 Å². The summed E-state index contributed by atoms with van der Waals surface area (Å²) in [6, 6.07) is 30.0. The highest BCUT2D eigenvalue weighted by Crippen LogP contribution is 2.24. The van der Waals surface area contributed by atoms with Crippen molar-refractivity contribution < 1.29 is 9.59 Å². The molecule has 1 atom stereocenters. The molecule has 4 aromatic rings. The monoisotopic (exact) mass is 447 g/mol. The van der Waals surface area contributed by atoms with Gasteiger partial charge in [-0.15, -0.1) is 0 Å². The van der Waals surface area contributed by atoms with E-state index in [4.69, 9.17) is 0 Å². The Morgan fingerprint density at radius 2 is 1.56 bits per heavy atom. The second-order valence-electron chi connectivity index (χ2n) is 8.01. The van der Waals surface area contributed by atoms with Crippen LogP contribution in [-0.4, -0.2) is 29.3 Å². The molecule has 0 aliphatic rings. The number of likely N-dealkylation sites (N-methyl/N-ethyl adjacent to an activating group) is 1. The lowest BCUT2D eigenvalue weighted by Gasteiger charge is -2.22. The first-order valence-electron chi connectivity index (χ1n) is 11.2. The fraction of sp³-hybridized carbons (Fsp3) is 0.138. The summed E-state index contributed by atoms with van der Waals surface area (Å²) in [5, 5.41) is 14.5. The standard InChI is InChI=1S/C29H25N3O2/c1-2-32(20-30)29(34)27(19-21-16-17-22-10-6-7-13-24(22)18-21)31-28(33)26-15-9-8-14-25(26)23-11-4-3-5-12-23/h3-18,27H,2,19H2,1H3,(H,31,33). The van der Waals surface area contributed by atoms with E-state index in [0.717, 1.165) is 32.4 Å². The van der Waals surface area contributed by atoms with Gasteiger partial charge in [0.2, 0.25) is 0 Å². The van der Waals surface area contributed by atoms with Gasteiger partial charge >= 0.3 is 0 Å². The van der Waals surface area contributed by atoms with Crippen molar-refractivity contribution in [2.24, 2.45) is 0 Å². The minimum Gasteiger partial charge on any atom is -0.340 e. The Hall–Kier alpha value is -4.43. The van der Waals surface area contributed by atoms with Gasteiger partial charge in [0.05, 0.1) is 0 Å². The van der Waals surface area contributed by atoms with E-state index in [1.54, 1.807) is 19.1 Å². The number of hydrogen-bond donors (Lipinski definition) is 1. The quantitative estimate of drug-likeness (QED) is 0.313. The Labute approximate surface area is 199 Å². The van der Waals surface area contributed by atoms with Crippen LogP contribution in [0.25, 0.3) is 21.9 Å². The molecule has 168 valence electrons. The van der Waals surface area contributed by atoms with Crippen molar-refractivity contribution in [1.82, 2.24) is 10.2 Å². The summed E-state index contributed by atoms with van der Waals surface area (Å²) in [4.78, 5) is 27.7. The summed E-state index contributed by atoms with van der Waals surface area (Å²) >= 11 is 0. The van der Waals surface area contributed by atoms with E-state index >= 15 is 0 Å². The smallest absolute Gasteiger partial charge is 0.258 e. The molecule has 1 unspecified atom stereocenters. The van der Waals surface area contributed by atoms with Gasteiger partial charge in [0.15, 0.2) is 6.19 Å². The zero-order valence-corrected chi connectivity index (χ0v) is 18.9. The van der Waals surface area contributed by atoms with Crippen LogP contribution < -0.4 is 5.32 Å². The number of benzene rings is 4. The molecule has 0 heterocycles. The minimum atomic E-state index is -0.878. The number of nitriles is 1. The molecule has 0 saturated carbocycles. The number of hydrogen-bond acceptors (Lipinski definition) is 3. The van der Waals surface area contributed by atoms with Crippen LogP contribution in [-0.2, 0) is 11.2 Å². The third-order valence-electron chi connectivity index (χ3n) is 5.82. The molecule has 0 aromatic heterocycles. The molecule has 4 aromatic carbocycles. The van der Waals surface area contributed by atoms with Gasteiger partial charge in [0.1, 0.15) is 6.04 Å². The van der Waals surface area contributed by atoms with E-state index in [2.05, 4.69) is 5.32 Å². The van der Waals surface area contributed by atoms with Crippen molar-refractivity contribution in [2.45, 2.75) is 19.4 Å². The average Bonchev–Trinajstić information content (AvgIpc) is 2.89. The van der Waals surface area contributed by atoms with Crippen LogP contribution in [0.2, 0.25) is 0 Å². The number of amides is 2. The molecule has 0 fully saturated rings. The molecule has 0 spiro atoms. The summed E-state index contributed by atoms with van der Waals surface area (Å²) in [7, 11) is 0. The maximum atomic E-state index is 13.4. The molecule has 5 nitrogen and oxygen atoms in total. The van der Waals surface area contributed by atoms with E-state index in [-0.39, 0.29) is 18.9 Å². The fourth-order valence-electron chi connectivity index (χ4n) is 4.05. The van der Waals surface area contributed by atoms with Crippen LogP contribution in [0.15, 0.2) is 97.1 Å². The van der Waals surface area contributed by atoms with Crippen molar-refractivity contribution in [3.05, 3.63) is 108 Å². The van der Waals surface area contributed by atoms with Gasteiger partial charge in [-0.1, -0.05) is 91.0 Å². The molecule has 0 aliphatic carbocycles. The lowest BCUT2D eigenvalue weighted by Crippen LogP contribution is -2.48. The van der Waals surface area contributed by atoms with Crippen molar-refractivity contribution >= 4 is 22.6 Å². The highest BCUT2D eigenvalue weighted by molar-refractivity contribution is 6.03. The molecular weight excluding hydrogens is 422 g/mol. The van der Waals surface area contributed by atoms with Crippen LogP contribution in [0.3, 0.4) is 0 Å². The van der Waals surface area contributed by atoms with E-state index in [1.807, 2.05) is 91.1 Å². The molecule has 5 heteroatoms. The number of carbonyl (C=O) groups excluding carboxylic acids is 2. The zero-order valence-electron chi connectivity index (χ0n) is 18.9. The van der Waals surface area contributed by atoms with Crippen molar-refractivity contribution in [3.63, 3.8) is 0 Å². The van der Waals surface area contributed by atoms with Gasteiger partial charge < -0.3 is 5.32 Å². The lowest BCUT2D eigenvalue weighted by atomic mass is 9.98. The molecule has 0 radical (unpaired) electrons. The van der Waals surface area contributed by atoms with Crippen molar-refractivity contribution in [1.29, 1.82) is 5.26 Å². The van der Waals surface area contributed by atoms with E-state index in [0.29, 0.717) is 5.56 Å². The van der Waals surface area contributed by atoms with E-state index in [1.165, 1.54) is 0 Å². The number of carbonyl (C=O) groups is 2. The number of fused-ring (bicyclic) bond motifs is 1. The lowest BCUT2D eigenvalue weighted by molar-refractivity contribution is -0.130. The normalized spacial score (nSPS) is 11.4. The minimum absolute atomic E-state index is 0.236. The number of rotatable bonds is 7. The van der Waals surface area contributed by atoms with Crippen LogP contribution in [0, 0.1) is 11.5 Å². The van der Waals surface area contributed by atoms with Gasteiger partial charge in [-0.2, -0.15) is 5.26 Å². The van der Waals surface area contributed by atoms with Crippen molar-refractivity contribution in [3.8, 4) is 17.3 Å². The van der Waals surface area contributed by atoms with E-state index in [9.17, 15) is 14.9 Å². The molecule has 4 rings (SSSR count). The molecular formula is C29H25N3O2. The molecule has 0 bridgehead atoms. The predicted octanol–water partition coefficient (Wildman–Crippen LogP) is 5.18. The molecule has 1 N–H and O–H groups in total. The van der Waals surface area contributed by atoms with Crippen LogP contribution >= 0.6 is 0 Å². The highest BCUT2D eigenvalue weighted by atomic mass is 16.2. The van der Waals surface area contributed by atoms with E-state index < -0.39 is 11.9 Å². The Morgan fingerprint density at radius 1 is 0.882 bits per heavy atom. The van der Waals surface area contributed by atoms with Crippen LogP contribution in [0.1, 0.15) is 22.8 Å². The summed E-state index contributed by atoms with van der Waals surface area (Å²) < 4.78 is 0. The first kappa shape index (κ1) is 22.8. The second kappa shape index (κ2) is 10.5. The van der Waals surface area contributed by atoms with Crippen LogP contribution in [0.5, 0.6) is 0 Å². The largest absolute Gasteiger partial charge is 0.340 e. The maximum absolute atomic E-state index is 13.4. The Bertz CT molecular complexity index is 1360. The van der Waals surface area contributed by atoms with Gasteiger partial charge in [0, 0.05) is 18.5 Å². The summed E-state index contributed by atoms with van der Waals surface area (Å²) in [5.41, 5.74) is 3.08. The Balaban J connectivity index is 1.65. The van der Waals surface area contributed by atoms with Gasteiger partial charge in [-0.05, 0) is 40.5 Å². The molecule has 0 saturated heterocycles. The number of nitrogens with one attached hydrogen (secondary N) is 1.